The number of ether oxygens (including phenoxy) is 1. The van der Waals surface area contributed by atoms with Gasteiger partial charge in [-0.2, -0.15) is 10.4 Å². The zero-order valence-corrected chi connectivity index (χ0v) is 17.3. The van der Waals surface area contributed by atoms with E-state index in [4.69, 9.17) is 10.00 Å². The van der Waals surface area contributed by atoms with Crippen molar-refractivity contribution in [2.75, 3.05) is 23.7 Å². The highest BCUT2D eigenvalue weighted by molar-refractivity contribution is 9.10. The minimum atomic E-state index is -3.65. The molecule has 0 unspecified atom stereocenters. The monoisotopic (exact) mass is 464 g/mol. The van der Waals surface area contributed by atoms with Gasteiger partial charge < -0.3 is 4.74 Å². The van der Waals surface area contributed by atoms with Crippen LogP contribution in [0.1, 0.15) is 5.56 Å². The number of carbonyl (C=O) groups excluding carboxylic acids is 1. The van der Waals surface area contributed by atoms with E-state index >= 15 is 0 Å². The maximum atomic E-state index is 12.1. The third-order valence-electron chi connectivity index (χ3n) is 3.39. The van der Waals surface area contributed by atoms with Gasteiger partial charge in [-0.3, -0.25) is 9.10 Å². The number of nitriles is 1. The Morgan fingerprint density at radius 3 is 2.46 bits per heavy atom. The average molecular weight is 465 g/mol. The molecule has 1 amide bonds. The maximum Gasteiger partial charge on any atom is 0.260 e. The molecule has 0 saturated heterocycles. The zero-order valence-electron chi connectivity index (χ0n) is 14.9. The van der Waals surface area contributed by atoms with Crippen molar-refractivity contribution in [1.82, 2.24) is 5.43 Å². The van der Waals surface area contributed by atoms with Crippen LogP contribution in [0.25, 0.3) is 0 Å². The molecule has 28 heavy (non-hydrogen) atoms. The number of sulfonamides is 1. The van der Waals surface area contributed by atoms with Crippen molar-refractivity contribution >= 4 is 43.8 Å². The first-order valence-corrected chi connectivity index (χ1v) is 10.6. The van der Waals surface area contributed by atoms with E-state index in [1.807, 2.05) is 6.07 Å². The fourth-order valence-corrected chi connectivity index (χ4v) is 3.24. The predicted molar refractivity (Wildman–Crippen MR) is 110 cm³/mol. The van der Waals surface area contributed by atoms with Crippen molar-refractivity contribution in [2.24, 2.45) is 5.10 Å². The summed E-state index contributed by atoms with van der Waals surface area (Å²) in [7, 11) is -3.65. The molecule has 146 valence electrons. The molecule has 10 heteroatoms. The fraction of sp³-hybridized carbons (Fsp3) is 0.167. The van der Waals surface area contributed by atoms with E-state index in [9.17, 15) is 13.2 Å². The molecular weight excluding hydrogens is 448 g/mol. The number of nitrogens with one attached hydrogen (secondary N) is 1. The van der Waals surface area contributed by atoms with Crippen LogP contribution in [0.3, 0.4) is 0 Å². The van der Waals surface area contributed by atoms with Crippen molar-refractivity contribution in [3.8, 4) is 11.8 Å². The summed E-state index contributed by atoms with van der Waals surface area (Å²) < 4.78 is 31.0. The summed E-state index contributed by atoms with van der Waals surface area (Å²) in [5.41, 5.74) is 3.37. The number of hydrogen-bond acceptors (Lipinski definition) is 6. The SMILES string of the molecule is CS(=O)(=O)N(CC(=O)N/N=C\c1ccc(OCC#N)cc1)c1ccc(Br)cc1. The lowest BCUT2D eigenvalue weighted by Crippen LogP contribution is -2.38. The first-order valence-electron chi connectivity index (χ1n) is 7.94. The Hall–Kier alpha value is -2.90. The highest BCUT2D eigenvalue weighted by atomic mass is 79.9. The minimum Gasteiger partial charge on any atom is -0.479 e. The molecule has 0 atom stereocenters. The second-order valence-corrected chi connectivity index (χ2v) is 8.38. The largest absolute Gasteiger partial charge is 0.479 e. The van der Waals surface area contributed by atoms with E-state index in [2.05, 4.69) is 26.5 Å². The van der Waals surface area contributed by atoms with Crippen LogP contribution >= 0.6 is 15.9 Å². The molecule has 0 fully saturated rings. The molecule has 0 bridgehead atoms. The second kappa shape index (κ2) is 9.87. The topological polar surface area (TPSA) is 112 Å². The molecular formula is C18H17BrN4O4S. The van der Waals surface area contributed by atoms with Crippen LogP contribution in [0.5, 0.6) is 5.75 Å². The van der Waals surface area contributed by atoms with E-state index in [1.165, 1.54) is 6.21 Å². The molecule has 2 rings (SSSR count). The van der Waals surface area contributed by atoms with Crippen LogP contribution in [0.2, 0.25) is 0 Å². The van der Waals surface area contributed by atoms with Gasteiger partial charge in [0.2, 0.25) is 10.0 Å². The summed E-state index contributed by atoms with van der Waals surface area (Å²) in [6.07, 6.45) is 2.44. The molecule has 0 aliphatic heterocycles. The lowest BCUT2D eigenvalue weighted by Gasteiger charge is -2.21. The van der Waals surface area contributed by atoms with Crippen molar-refractivity contribution in [2.45, 2.75) is 0 Å². The summed E-state index contributed by atoms with van der Waals surface area (Å²) in [6.45, 7) is -0.447. The first kappa shape index (κ1) is 21.4. The predicted octanol–water partition coefficient (Wildman–Crippen LogP) is 2.27. The molecule has 0 heterocycles. The number of halogens is 1. The van der Waals surface area contributed by atoms with Crippen molar-refractivity contribution in [3.05, 3.63) is 58.6 Å². The van der Waals surface area contributed by atoms with E-state index in [-0.39, 0.29) is 6.61 Å². The van der Waals surface area contributed by atoms with Gasteiger partial charge in [-0.25, -0.2) is 13.8 Å². The first-order chi connectivity index (χ1) is 13.3. The number of benzene rings is 2. The number of carbonyl (C=O) groups is 1. The smallest absolute Gasteiger partial charge is 0.260 e. The van der Waals surface area contributed by atoms with Crippen LogP contribution in [-0.4, -0.2) is 39.9 Å². The highest BCUT2D eigenvalue weighted by Gasteiger charge is 2.20. The molecule has 0 saturated carbocycles. The van der Waals surface area contributed by atoms with Gasteiger partial charge in [0.15, 0.2) is 6.61 Å². The van der Waals surface area contributed by atoms with Gasteiger partial charge in [0.1, 0.15) is 18.4 Å². The standard InChI is InChI=1S/C18H17BrN4O4S/c1-28(25,26)23(16-6-4-15(19)5-7-16)13-18(24)22-21-12-14-2-8-17(9-3-14)27-11-10-20/h2-9,12H,11,13H2,1H3,(H,22,24)/b21-12-. The van der Waals surface area contributed by atoms with Crippen LogP contribution in [0.4, 0.5) is 5.69 Å². The normalized spacial score (nSPS) is 11.0. The van der Waals surface area contributed by atoms with E-state index in [1.54, 1.807) is 48.5 Å². The summed E-state index contributed by atoms with van der Waals surface area (Å²) in [6, 6.07) is 15.2. The lowest BCUT2D eigenvalue weighted by molar-refractivity contribution is -0.119. The summed E-state index contributed by atoms with van der Waals surface area (Å²) >= 11 is 3.28. The summed E-state index contributed by atoms with van der Waals surface area (Å²) in [5.74, 6) is -0.0420. The number of nitrogens with zero attached hydrogens (tertiary/aromatic N) is 3. The van der Waals surface area contributed by atoms with Gasteiger partial charge in [0.25, 0.3) is 5.91 Å². The molecule has 0 aliphatic carbocycles. The lowest BCUT2D eigenvalue weighted by atomic mass is 10.2. The van der Waals surface area contributed by atoms with Crippen molar-refractivity contribution < 1.29 is 17.9 Å². The Bertz CT molecular complexity index is 984. The van der Waals surface area contributed by atoms with Gasteiger partial charge in [-0.05, 0) is 54.1 Å². The van der Waals surface area contributed by atoms with E-state index < -0.39 is 22.5 Å². The van der Waals surface area contributed by atoms with Crippen molar-refractivity contribution in [1.29, 1.82) is 5.26 Å². The zero-order chi connectivity index (χ0) is 20.6. The van der Waals surface area contributed by atoms with E-state index in [0.717, 1.165) is 15.0 Å². The Kier molecular flexibility index (Phi) is 7.54. The average Bonchev–Trinajstić information content (AvgIpc) is 2.65. The maximum absolute atomic E-state index is 12.1. The molecule has 8 nitrogen and oxygen atoms in total. The highest BCUT2D eigenvalue weighted by Crippen LogP contribution is 2.20. The molecule has 2 aromatic rings. The fourth-order valence-electron chi connectivity index (χ4n) is 2.12. The van der Waals surface area contributed by atoms with Crippen LogP contribution < -0.4 is 14.5 Å². The number of hydrogen-bond donors (Lipinski definition) is 1. The van der Waals surface area contributed by atoms with Gasteiger partial charge >= 0.3 is 0 Å². The van der Waals surface area contributed by atoms with Crippen molar-refractivity contribution in [3.63, 3.8) is 0 Å². The molecule has 0 radical (unpaired) electrons. The Labute approximate surface area is 171 Å². The van der Waals surface area contributed by atoms with Gasteiger partial charge in [0.05, 0.1) is 18.2 Å². The Balaban J connectivity index is 1.98. The number of rotatable bonds is 8. The number of amides is 1. The molecule has 2 aromatic carbocycles. The van der Waals surface area contributed by atoms with Gasteiger partial charge in [-0.15, -0.1) is 0 Å². The summed E-state index contributed by atoms with van der Waals surface area (Å²) in [5, 5.41) is 12.3. The molecule has 0 spiro atoms. The van der Waals surface area contributed by atoms with Crippen LogP contribution in [0.15, 0.2) is 58.1 Å². The third-order valence-corrected chi connectivity index (χ3v) is 5.06. The van der Waals surface area contributed by atoms with Gasteiger partial charge in [0, 0.05) is 4.47 Å². The van der Waals surface area contributed by atoms with Gasteiger partial charge in [-0.1, -0.05) is 15.9 Å². The quantitative estimate of drug-likeness (QED) is 0.475. The number of anilines is 1. The van der Waals surface area contributed by atoms with Crippen LogP contribution in [0, 0.1) is 11.3 Å². The molecule has 0 aromatic heterocycles. The van der Waals surface area contributed by atoms with Crippen LogP contribution in [-0.2, 0) is 14.8 Å². The second-order valence-electron chi connectivity index (χ2n) is 5.56. The Morgan fingerprint density at radius 2 is 1.89 bits per heavy atom. The summed E-state index contributed by atoms with van der Waals surface area (Å²) in [4.78, 5) is 12.1. The minimum absolute atomic E-state index is 0.0430. The third kappa shape index (κ3) is 6.68. The Morgan fingerprint density at radius 1 is 1.25 bits per heavy atom. The number of hydrazone groups is 1. The van der Waals surface area contributed by atoms with E-state index in [0.29, 0.717) is 17.0 Å². The molecule has 0 aliphatic rings. The molecule has 1 N–H and O–H groups in total.